The molecule has 1 aromatic carbocycles. The summed E-state index contributed by atoms with van der Waals surface area (Å²) in [6.07, 6.45) is -0.197. The van der Waals surface area contributed by atoms with Gasteiger partial charge in [-0.1, -0.05) is 11.6 Å². The first-order chi connectivity index (χ1) is 11.0. The molecule has 0 aliphatic heterocycles. The molecule has 2 rings (SSSR count). The lowest BCUT2D eigenvalue weighted by atomic mass is 10.2. The number of carbonyl (C=O) groups excluding carboxylic acids is 2. The van der Waals surface area contributed by atoms with E-state index in [1.165, 1.54) is 19.1 Å². The molecule has 1 atom stereocenters. The minimum Gasteiger partial charge on any atom is -0.453 e. The third kappa shape index (κ3) is 5.33. The molecule has 23 heavy (non-hydrogen) atoms. The molecule has 1 aromatic heterocycles. The van der Waals surface area contributed by atoms with Crippen LogP contribution in [0, 0.1) is 5.82 Å². The zero-order valence-corrected chi connectivity index (χ0v) is 13.9. The highest BCUT2D eigenvalue weighted by Gasteiger charge is 2.18. The number of ether oxygens (including phenoxy) is 1. The summed E-state index contributed by atoms with van der Waals surface area (Å²) in [6.45, 7) is 1.47. The van der Waals surface area contributed by atoms with Crippen LogP contribution < -0.4 is 5.32 Å². The molecule has 0 aliphatic carbocycles. The Kier molecular flexibility index (Phi) is 6.12. The molecule has 2 aromatic rings. The summed E-state index contributed by atoms with van der Waals surface area (Å²) in [6, 6.07) is 5.55. The molecule has 0 unspecified atom stereocenters. The molecule has 0 saturated heterocycles. The van der Waals surface area contributed by atoms with E-state index in [0.29, 0.717) is 6.42 Å². The summed E-state index contributed by atoms with van der Waals surface area (Å²) >= 11 is 7.39. The van der Waals surface area contributed by atoms with Gasteiger partial charge in [0.15, 0.2) is 6.10 Å². The van der Waals surface area contributed by atoms with Crippen LogP contribution >= 0.6 is 22.9 Å². The predicted molar refractivity (Wildman–Crippen MR) is 88.2 cm³/mol. The molecule has 1 N–H and O–H groups in total. The molecule has 0 fully saturated rings. The summed E-state index contributed by atoms with van der Waals surface area (Å²) in [5, 5.41) is 6.47. The largest absolute Gasteiger partial charge is 0.453 e. The van der Waals surface area contributed by atoms with Crippen LogP contribution in [0.3, 0.4) is 0 Å². The Morgan fingerprint density at radius 1 is 1.39 bits per heavy atom. The van der Waals surface area contributed by atoms with Gasteiger partial charge in [-0.25, -0.2) is 4.39 Å². The lowest BCUT2D eigenvalue weighted by molar-refractivity contribution is -0.153. The van der Waals surface area contributed by atoms with E-state index in [-0.39, 0.29) is 17.1 Å². The summed E-state index contributed by atoms with van der Waals surface area (Å²) in [7, 11) is 0. The van der Waals surface area contributed by atoms with E-state index in [2.05, 4.69) is 5.32 Å². The van der Waals surface area contributed by atoms with E-state index in [1.807, 2.05) is 16.8 Å². The standard InChI is InChI=1S/C16H15ClFNO3S/c1-10(22-15(20)5-2-11-6-7-23-9-11)16(21)19-14-4-3-12(18)8-13(14)17/h3-4,6-10H,2,5H2,1H3,(H,19,21)/t10-/m1/s1. The van der Waals surface area contributed by atoms with Gasteiger partial charge in [0.25, 0.3) is 5.91 Å². The molecule has 0 aliphatic rings. The number of hydrogen-bond donors (Lipinski definition) is 1. The van der Waals surface area contributed by atoms with Gasteiger partial charge < -0.3 is 10.1 Å². The molecule has 1 amide bonds. The number of amides is 1. The molecule has 1 heterocycles. The lowest BCUT2D eigenvalue weighted by Crippen LogP contribution is -2.30. The average Bonchev–Trinajstić information content (AvgIpc) is 3.01. The quantitative estimate of drug-likeness (QED) is 0.795. The van der Waals surface area contributed by atoms with Gasteiger partial charge in [0.2, 0.25) is 0 Å². The van der Waals surface area contributed by atoms with Crippen molar-refractivity contribution >= 4 is 40.5 Å². The van der Waals surface area contributed by atoms with Gasteiger partial charge >= 0.3 is 5.97 Å². The molecule has 0 radical (unpaired) electrons. The normalized spacial score (nSPS) is 11.8. The van der Waals surface area contributed by atoms with Crippen LogP contribution in [-0.2, 0) is 20.7 Å². The number of thiophene rings is 1. The SMILES string of the molecule is C[C@@H](OC(=O)CCc1ccsc1)C(=O)Nc1ccc(F)cc1Cl. The van der Waals surface area contributed by atoms with Crippen LogP contribution in [0.1, 0.15) is 18.9 Å². The Bertz CT molecular complexity index is 691. The fraction of sp³-hybridized carbons (Fsp3) is 0.250. The van der Waals surface area contributed by atoms with E-state index in [0.717, 1.165) is 11.6 Å². The molecule has 0 saturated carbocycles. The van der Waals surface area contributed by atoms with Crippen LogP contribution in [0.4, 0.5) is 10.1 Å². The number of nitrogens with one attached hydrogen (secondary N) is 1. The Morgan fingerprint density at radius 3 is 2.83 bits per heavy atom. The van der Waals surface area contributed by atoms with Crippen molar-refractivity contribution in [1.29, 1.82) is 0 Å². The number of anilines is 1. The van der Waals surface area contributed by atoms with Crippen LogP contribution in [0.2, 0.25) is 5.02 Å². The zero-order valence-electron chi connectivity index (χ0n) is 12.3. The van der Waals surface area contributed by atoms with Gasteiger partial charge in [-0.3, -0.25) is 9.59 Å². The predicted octanol–water partition coefficient (Wildman–Crippen LogP) is 4.04. The first kappa shape index (κ1) is 17.4. The second-order valence-corrected chi connectivity index (χ2v) is 6.06. The summed E-state index contributed by atoms with van der Waals surface area (Å²) in [5.41, 5.74) is 1.32. The number of rotatable bonds is 6. The Hall–Kier alpha value is -1.92. The van der Waals surface area contributed by atoms with Gasteiger partial charge in [0, 0.05) is 6.42 Å². The van der Waals surface area contributed by atoms with Gasteiger partial charge in [-0.05, 0) is 53.9 Å². The van der Waals surface area contributed by atoms with Crippen LogP contribution in [0.5, 0.6) is 0 Å². The lowest BCUT2D eigenvalue weighted by Gasteiger charge is -2.14. The van der Waals surface area contributed by atoms with Gasteiger partial charge in [-0.2, -0.15) is 11.3 Å². The van der Waals surface area contributed by atoms with Crippen molar-refractivity contribution in [2.75, 3.05) is 5.32 Å². The maximum absolute atomic E-state index is 13.0. The maximum Gasteiger partial charge on any atom is 0.306 e. The first-order valence-electron chi connectivity index (χ1n) is 6.92. The van der Waals surface area contributed by atoms with E-state index >= 15 is 0 Å². The number of esters is 1. The topological polar surface area (TPSA) is 55.4 Å². The highest BCUT2D eigenvalue weighted by molar-refractivity contribution is 7.07. The number of benzene rings is 1. The average molecular weight is 356 g/mol. The Morgan fingerprint density at radius 2 is 2.17 bits per heavy atom. The van der Waals surface area contributed by atoms with E-state index < -0.39 is 23.8 Å². The van der Waals surface area contributed by atoms with Crippen molar-refractivity contribution in [3.63, 3.8) is 0 Å². The summed E-state index contributed by atoms with van der Waals surface area (Å²) in [5.74, 6) is -1.48. The van der Waals surface area contributed by atoms with Crippen LogP contribution in [0.25, 0.3) is 0 Å². The van der Waals surface area contributed by atoms with Crippen molar-refractivity contribution in [3.8, 4) is 0 Å². The smallest absolute Gasteiger partial charge is 0.306 e. The number of carbonyl (C=O) groups is 2. The minimum atomic E-state index is -0.967. The number of aryl methyl sites for hydroxylation is 1. The van der Waals surface area contributed by atoms with Crippen molar-refractivity contribution in [1.82, 2.24) is 0 Å². The van der Waals surface area contributed by atoms with Crippen molar-refractivity contribution in [2.24, 2.45) is 0 Å². The fourth-order valence-corrected chi connectivity index (χ4v) is 2.73. The van der Waals surface area contributed by atoms with Crippen molar-refractivity contribution < 1.29 is 18.7 Å². The molecule has 0 spiro atoms. The van der Waals surface area contributed by atoms with Gasteiger partial charge in [0.05, 0.1) is 10.7 Å². The van der Waals surface area contributed by atoms with E-state index in [1.54, 1.807) is 11.3 Å². The highest BCUT2D eigenvalue weighted by Crippen LogP contribution is 2.22. The molecule has 7 heteroatoms. The minimum absolute atomic E-state index is 0.0781. The second-order valence-electron chi connectivity index (χ2n) is 4.88. The molecule has 0 bridgehead atoms. The van der Waals surface area contributed by atoms with E-state index in [4.69, 9.17) is 16.3 Å². The summed E-state index contributed by atoms with van der Waals surface area (Å²) < 4.78 is 18.0. The van der Waals surface area contributed by atoms with Crippen molar-refractivity contribution in [3.05, 3.63) is 51.4 Å². The van der Waals surface area contributed by atoms with Gasteiger partial charge in [-0.15, -0.1) is 0 Å². The third-order valence-corrected chi connectivity index (χ3v) is 4.11. The monoisotopic (exact) mass is 355 g/mol. The number of halogens is 2. The molecular weight excluding hydrogens is 341 g/mol. The van der Waals surface area contributed by atoms with Gasteiger partial charge in [0.1, 0.15) is 5.82 Å². The number of hydrogen-bond acceptors (Lipinski definition) is 4. The zero-order chi connectivity index (χ0) is 16.8. The Labute approximate surface area is 142 Å². The molecule has 122 valence electrons. The Balaban J connectivity index is 1.83. The van der Waals surface area contributed by atoms with Crippen LogP contribution in [-0.4, -0.2) is 18.0 Å². The molecule has 4 nitrogen and oxygen atoms in total. The summed E-state index contributed by atoms with van der Waals surface area (Å²) in [4.78, 5) is 23.7. The first-order valence-corrected chi connectivity index (χ1v) is 8.24. The van der Waals surface area contributed by atoms with E-state index in [9.17, 15) is 14.0 Å². The van der Waals surface area contributed by atoms with Crippen LogP contribution in [0.15, 0.2) is 35.0 Å². The third-order valence-electron chi connectivity index (χ3n) is 3.06. The highest BCUT2D eigenvalue weighted by atomic mass is 35.5. The molecular formula is C16H15ClFNO3S. The second kappa shape index (κ2) is 8.08. The fourth-order valence-electron chi connectivity index (χ4n) is 1.82. The maximum atomic E-state index is 13.0. The van der Waals surface area contributed by atoms with Crippen molar-refractivity contribution in [2.45, 2.75) is 25.9 Å².